The summed E-state index contributed by atoms with van der Waals surface area (Å²) in [6.07, 6.45) is 0.458. The first kappa shape index (κ1) is 13.1. The fourth-order valence-electron chi connectivity index (χ4n) is 2.60. The van der Waals surface area contributed by atoms with Gasteiger partial charge in [0.25, 0.3) is 0 Å². The molecule has 20 heavy (non-hydrogen) atoms. The van der Waals surface area contributed by atoms with E-state index in [1.807, 2.05) is 0 Å². The summed E-state index contributed by atoms with van der Waals surface area (Å²) in [5.74, 6) is -3.32. The molecule has 1 aliphatic heterocycles. The van der Waals surface area contributed by atoms with Gasteiger partial charge in [0.2, 0.25) is 0 Å². The molecule has 2 aromatic carbocycles. The summed E-state index contributed by atoms with van der Waals surface area (Å²) >= 11 is 0. The number of halogens is 4. The fourth-order valence-corrected chi connectivity index (χ4v) is 2.60. The normalized spacial score (nSPS) is 14.2. The minimum absolute atomic E-state index is 0.267. The highest BCUT2D eigenvalue weighted by Gasteiger charge is 2.22. The third-order valence-corrected chi connectivity index (χ3v) is 3.50. The molecule has 0 saturated carbocycles. The SMILES string of the molecule is Fc1cc(F)c(-c2ccc(F)c3c2CNCC3)c(F)c1. The number of rotatable bonds is 1. The van der Waals surface area contributed by atoms with Crippen LogP contribution in [-0.2, 0) is 13.0 Å². The molecule has 1 nitrogen and oxygen atoms in total. The van der Waals surface area contributed by atoms with Crippen LogP contribution in [-0.4, -0.2) is 6.54 Å². The summed E-state index contributed by atoms with van der Waals surface area (Å²) in [6, 6.07) is 3.79. The molecule has 0 amide bonds. The lowest BCUT2D eigenvalue weighted by atomic mass is 9.91. The second kappa shape index (κ2) is 4.90. The average Bonchev–Trinajstić information content (AvgIpc) is 2.40. The highest BCUT2D eigenvalue weighted by atomic mass is 19.1. The molecule has 0 spiro atoms. The van der Waals surface area contributed by atoms with Gasteiger partial charge in [-0.05, 0) is 35.7 Å². The molecule has 0 bridgehead atoms. The van der Waals surface area contributed by atoms with Crippen molar-refractivity contribution in [3.8, 4) is 11.1 Å². The second-order valence-corrected chi connectivity index (χ2v) is 4.72. The van der Waals surface area contributed by atoms with Crippen molar-refractivity contribution in [1.82, 2.24) is 5.32 Å². The minimum Gasteiger partial charge on any atom is -0.312 e. The van der Waals surface area contributed by atoms with E-state index in [1.165, 1.54) is 12.1 Å². The van der Waals surface area contributed by atoms with Crippen LogP contribution in [0.1, 0.15) is 11.1 Å². The maximum atomic E-state index is 13.9. The Kier molecular flexibility index (Phi) is 3.22. The van der Waals surface area contributed by atoms with Crippen molar-refractivity contribution in [1.29, 1.82) is 0 Å². The number of fused-ring (bicyclic) bond motifs is 1. The molecule has 0 aliphatic carbocycles. The van der Waals surface area contributed by atoms with Crippen molar-refractivity contribution in [3.63, 3.8) is 0 Å². The van der Waals surface area contributed by atoms with Gasteiger partial charge in [-0.15, -0.1) is 0 Å². The number of hydrogen-bond acceptors (Lipinski definition) is 1. The topological polar surface area (TPSA) is 12.0 Å². The molecule has 1 aliphatic rings. The van der Waals surface area contributed by atoms with Crippen molar-refractivity contribution in [2.75, 3.05) is 6.54 Å². The van der Waals surface area contributed by atoms with E-state index in [0.717, 1.165) is 0 Å². The summed E-state index contributed by atoms with van der Waals surface area (Å²) in [5.41, 5.74) is 0.944. The Morgan fingerprint density at radius 1 is 0.850 bits per heavy atom. The Labute approximate surface area is 113 Å². The smallest absolute Gasteiger partial charge is 0.136 e. The summed E-state index contributed by atoms with van der Waals surface area (Å²) < 4.78 is 54.5. The zero-order chi connectivity index (χ0) is 14.3. The summed E-state index contributed by atoms with van der Waals surface area (Å²) in [7, 11) is 0. The maximum Gasteiger partial charge on any atom is 0.136 e. The quantitative estimate of drug-likeness (QED) is 0.788. The molecule has 1 heterocycles. The van der Waals surface area contributed by atoms with Crippen LogP contribution in [0.3, 0.4) is 0 Å². The van der Waals surface area contributed by atoms with Crippen molar-refractivity contribution in [3.05, 3.63) is 58.7 Å². The molecule has 0 unspecified atom stereocenters. The highest BCUT2D eigenvalue weighted by molar-refractivity contribution is 5.70. The Bertz CT molecular complexity index is 659. The second-order valence-electron chi connectivity index (χ2n) is 4.72. The van der Waals surface area contributed by atoms with E-state index < -0.39 is 17.5 Å². The van der Waals surface area contributed by atoms with Gasteiger partial charge >= 0.3 is 0 Å². The zero-order valence-electron chi connectivity index (χ0n) is 10.4. The van der Waals surface area contributed by atoms with Gasteiger partial charge in [-0.25, -0.2) is 17.6 Å². The van der Waals surface area contributed by atoms with E-state index in [0.29, 0.717) is 42.8 Å². The van der Waals surface area contributed by atoms with E-state index in [-0.39, 0.29) is 16.9 Å². The highest BCUT2D eigenvalue weighted by Crippen LogP contribution is 2.33. The van der Waals surface area contributed by atoms with E-state index in [1.54, 1.807) is 0 Å². The van der Waals surface area contributed by atoms with Crippen LogP contribution in [0.5, 0.6) is 0 Å². The van der Waals surface area contributed by atoms with Crippen molar-refractivity contribution >= 4 is 0 Å². The van der Waals surface area contributed by atoms with E-state index >= 15 is 0 Å². The van der Waals surface area contributed by atoms with Crippen LogP contribution in [0.4, 0.5) is 17.6 Å². The van der Waals surface area contributed by atoms with Gasteiger partial charge in [-0.1, -0.05) is 6.07 Å². The van der Waals surface area contributed by atoms with Gasteiger partial charge in [-0.2, -0.15) is 0 Å². The summed E-state index contributed by atoms with van der Waals surface area (Å²) in [4.78, 5) is 0. The van der Waals surface area contributed by atoms with E-state index in [4.69, 9.17) is 0 Å². The Morgan fingerprint density at radius 3 is 2.25 bits per heavy atom. The van der Waals surface area contributed by atoms with Crippen LogP contribution in [0.25, 0.3) is 11.1 Å². The van der Waals surface area contributed by atoms with Crippen molar-refractivity contribution in [2.45, 2.75) is 13.0 Å². The first-order valence-corrected chi connectivity index (χ1v) is 6.24. The van der Waals surface area contributed by atoms with Gasteiger partial charge in [0, 0.05) is 18.7 Å². The monoisotopic (exact) mass is 281 g/mol. The zero-order valence-corrected chi connectivity index (χ0v) is 10.4. The number of hydrogen-bond donors (Lipinski definition) is 1. The molecule has 104 valence electrons. The Hall–Kier alpha value is -1.88. The molecule has 2 aromatic rings. The maximum absolute atomic E-state index is 13.9. The Balaban J connectivity index is 2.26. The first-order valence-electron chi connectivity index (χ1n) is 6.24. The standard InChI is InChI=1S/C15H11F4N/c16-8-5-13(18)15(14(19)6-8)10-1-2-12(17)9-3-4-20-7-11(9)10/h1-2,5-6,20H,3-4,7H2. The molecular formula is C15H11F4N. The lowest BCUT2D eigenvalue weighted by Gasteiger charge is -2.21. The molecule has 5 heteroatoms. The summed E-state index contributed by atoms with van der Waals surface area (Å²) in [6.45, 7) is 0.945. The van der Waals surface area contributed by atoms with Crippen LogP contribution < -0.4 is 5.32 Å². The van der Waals surface area contributed by atoms with Crippen LogP contribution >= 0.6 is 0 Å². The van der Waals surface area contributed by atoms with E-state index in [2.05, 4.69) is 5.32 Å². The predicted molar refractivity (Wildman–Crippen MR) is 67.1 cm³/mol. The van der Waals surface area contributed by atoms with Gasteiger partial charge < -0.3 is 5.32 Å². The Morgan fingerprint density at radius 2 is 1.55 bits per heavy atom. The summed E-state index contributed by atoms with van der Waals surface area (Å²) in [5, 5.41) is 3.04. The van der Waals surface area contributed by atoms with Crippen LogP contribution in [0.15, 0.2) is 24.3 Å². The van der Waals surface area contributed by atoms with E-state index in [9.17, 15) is 17.6 Å². The van der Waals surface area contributed by atoms with Crippen molar-refractivity contribution in [2.24, 2.45) is 0 Å². The van der Waals surface area contributed by atoms with Gasteiger partial charge in [0.1, 0.15) is 23.3 Å². The third-order valence-electron chi connectivity index (χ3n) is 3.50. The molecule has 3 rings (SSSR count). The number of benzene rings is 2. The third kappa shape index (κ3) is 2.08. The predicted octanol–water partition coefficient (Wildman–Crippen LogP) is 3.56. The lowest BCUT2D eigenvalue weighted by Crippen LogP contribution is -2.25. The molecular weight excluding hydrogens is 270 g/mol. The molecule has 0 saturated heterocycles. The molecule has 0 atom stereocenters. The van der Waals surface area contributed by atoms with Crippen LogP contribution in [0.2, 0.25) is 0 Å². The van der Waals surface area contributed by atoms with Gasteiger partial charge in [0.05, 0.1) is 5.56 Å². The average molecular weight is 281 g/mol. The molecule has 0 aromatic heterocycles. The fraction of sp³-hybridized carbons (Fsp3) is 0.200. The van der Waals surface area contributed by atoms with Gasteiger partial charge in [-0.3, -0.25) is 0 Å². The lowest BCUT2D eigenvalue weighted by molar-refractivity contribution is 0.545. The first-order chi connectivity index (χ1) is 9.58. The minimum atomic E-state index is -0.984. The molecule has 0 radical (unpaired) electrons. The molecule has 0 fully saturated rings. The van der Waals surface area contributed by atoms with Crippen molar-refractivity contribution < 1.29 is 17.6 Å². The van der Waals surface area contributed by atoms with Crippen LogP contribution in [0, 0.1) is 23.3 Å². The van der Waals surface area contributed by atoms with Gasteiger partial charge in [0.15, 0.2) is 0 Å². The molecule has 1 N–H and O–H groups in total. The largest absolute Gasteiger partial charge is 0.312 e. The number of nitrogens with one attached hydrogen (secondary N) is 1.